The van der Waals surface area contributed by atoms with E-state index >= 15 is 0 Å². The average Bonchev–Trinajstić information content (AvgIpc) is 2.99. The molecule has 17 heteroatoms. The zero-order valence-corrected chi connectivity index (χ0v) is 26.9. The summed E-state index contributed by atoms with van der Waals surface area (Å²) in [4.78, 5) is 78.3. The minimum absolute atomic E-state index is 0.0495. The van der Waals surface area contributed by atoms with E-state index in [1.54, 1.807) is 16.7 Å². The van der Waals surface area contributed by atoms with Gasteiger partial charge in [-0.05, 0) is 32.1 Å². The van der Waals surface area contributed by atoms with Gasteiger partial charge in [0.2, 0.25) is 17.7 Å². The number of amides is 3. The summed E-state index contributed by atoms with van der Waals surface area (Å²) in [6.45, 7) is 5.08. The quantitative estimate of drug-likeness (QED) is 0.0785. The second kappa shape index (κ2) is 23.0. The molecule has 2 atom stereocenters. The fraction of sp³-hybridized carbons (Fsp3) is 0.793. The van der Waals surface area contributed by atoms with Crippen LogP contribution in [0, 0.1) is 5.92 Å². The van der Waals surface area contributed by atoms with Crippen LogP contribution in [0.5, 0.6) is 0 Å². The lowest BCUT2D eigenvalue weighted by molar-refractivity contribution is -0.140. The van der Waals surface area contributed by atoms with Crippen LogP contribution in [0.4, 0.5) is 0 Å². The Labute approximate surface area is 271 Å². The van der Waals surface area contributed by atoms with Gasteiger partial charge in [-0.1, -0.05) is 6.92 Å². The summed E-state index contributed by atoms with van der Waals surface area (Å²) in [6, 6.07) is -0.911. The number of aliphatic carboxylic acids is 3. The van der Waals surface area contributed by atoms with Gasteiger partial charge in [0.25, 0.3) is 0 Å². The van der Waals surface area contributed by atoms with Gasteiger partial charge in [-0.15, -0.1) is 0 Å². The number of rotatable bonds is 20. The predicted molar refractivity (Wildman–Crippen MR) is 167 cm³/mol. The first kappa shape index (κ1) is 38.8. The van der Waals surface area contributed by atoms with E-state index in [4.69, 9.17) is 16.9 Å². The van der Waals surface area contributed by atoms with Crippen LogP contribution < -0.4 is 16.4 Å². The van der Waals surface area contributed by atoms with Gasteiger partial charge in [-0.2, -0.15) is 0 Å². The first-order chi connectivity index (χ1) is 22.3. The molecular formula is C29H53N7O10. The number of nitrogens with zero attached hydrogens (tertiary/aromatic N) is 4. The Hall–Kier alpha value is -3.38. The number of unbranched alkanes of at least 4 members (excludes halogenated alkanes) is 1. The Morgan fingerprint density at radius 2 is 1.30 bits per heavy atom. The number of hydrogen-bond donors (Lipinski definition) is 6. The van der Waals surface area contributed by atoms with E-state index in [-0.39, 0.29) is 58.6 Å². The molecule has 17 nitrogen and oxygen atoms in total. The van der Waals surface area contributed by atoms with Crippen molar-refractivity contribution in [1.82, 2.24) is 30.2 Å². The molecule has 0 spiro atoms. The number of hydrogen-bond acceptors (Lipinski definition) is 11. The number of nitrogens with two attached hydrogens (primary N) is 1. The van der Waals surface area contributed by atoms with E-state index < -0.39 is 41.7 Å². The third-order valence-electron chi connectivity index (χ3n) is 7.76. The Balaban J connectivity index is 2.70. The van der Waals surface area contributed by atoms with E-state index in [1.165, 1.54) is 0 Å². The zero-order chi connectivity index (χ0) is 35.2. The summed E-state index contributed by atoms with van der Waals surface area (Å²) in [5.41, 5.74) is 5.47. The molecule has 3 amide bonds. The molecule has 0 radical (unpaired) electrons. The van der Waals surface area contributed by atoms with E-state index in [1.807, 2.05) is 9.80 Å². The van der Waals surface area contributed by atoms with Crippen molar-refractivity contribution in [2.24, 2.45) is 11.7 Å². The molecule has 0 aromatic heterocycles. The zero-order valence-electron chi connectivity index (χ0n) is 27.9. The summed E-state index contributed by atoms with van der Waals surface area (Å²) in [6.07, 6.45) is 1.69. The van der Waals surface area contributed by atoms with Crippen LogP contribution in [0.2, 0.25) is 0 Å². The first-order valence-electron chi connectivity index (χ1n) is 16.3. The highest BCUT2D eigenvalue weighted by Gasteiger charge is 2.24. The number of ether oxygens (including phenoxy) is 1. The van der Waals surface area contributed by atoms with Gasteiger partial charge in [0.15, 0.2) is 0 Å². The van der Waals surface area contributed by atoms with Crippen LogP contribution in [0.3, 0.4) is 0 Å². The fourth-order valence-corrected chi connectivity index (χ4v) is 5.05. The SMILES string of the molecule is [2H]COCN1CCN(CC(=O)O)CCN(CC(=O)O)CCN(CC(=O)NCCCC[C@H](NC(=O)[C@@H](CC)CCC(=O)O)C(N)=O)CC1. The molecule has 0 aromatic rings. The Morgan fingerprint density at radius 3 is 1.76 bits per heavy atom. The number of nitrogens with one attached hydrogen (secondary N) is 2. The van der Waals surface area contributed by atoms with Crippen molar-refractivity contribution in [3.63, 3.8) is 0 Å². The highest BCUT2D eigenvalue weighted by molar-refractivity contribution is 5.87. The molecular weight excluding hydrogens is 606 g/mol. The average molecular weight is 661 g/mol. The van der Waals surface area contributed by atoms with Gasteiger partial charge in [-0.25, -0.2) is 0 Å². The largest absolute Gasteiger partial charge is 0.481 e. The number of methoxy groups -OCH3 is 1. The van der Waals surface area contributed by atoms with Crippen molar-refractivity contribution in [3.05, 3.63) is 0 Å². The molecule has 1 fully saturated rings. The highest BCUT2D eigenvalue weighted by Crippen LogP contribution is 2.12. The third kappa shape index (κ3) is 18.6. The lowest BCUT2D eigenvalue weighted by atomic mass is 9.98. The van der Waals surface area contributed by atoms with Gasteiger partial charge >= 0.3 is 17.9 Å². The molecule has 264 valence electrons. The number of carboxylic acids is 3. The maximum atomic E-state index is 12.9. The van der Waals surface area contributed by atoms with Gasteiger partial charge in [-0.3, -0.25) is 48.4 Å². The molecule has 0 aromatic carbocycles. The van der Waals surface area contributed by atoms with Crippen molar-refractivity contribution < 1.29 is 50.2 Å². The lowest BCUT2D eigenvalue weighted by Crippen LogP contribution is -2.49. The monoisotopic (exact) mass is 660 g/mol. The molecule has 0 aliphatic carbocycles. The molecule has 1 rings (SSSR count). The van der Waals surface area contributed by atoms with E-state index in [0.717, 1.165) is 0 Å². The highest BCUT2D eigenvalue weighted by atomic mass is 16.5. The molecule has 1 aliphatic rings. The minimum Gasteiger partial charge on any atom is -0.481 e. The number of primary amides is 1. The maximum Gasteiger partial charge on any atom is 0.317 e. The summed E-state index contributed by atoms with van der Waals surface area (Å²) in [5, 5.41) is 33.1. The predicted octanol–water partition coefficient (Wildman–Crippen LogP) is -1.87. The molecule has 1 aliphatic heterocycles. The molecule has 1 saturated heterocycles. The van der Waals surface area contributed by atoms with Gasteiger partial charge in [0.1, 0.15) is 6.04 Å². The fourth-order valence-electron chi connectivity index (χ4n) is 5.05. The van der Waals surface area contributed by atoms with E-state index in [9.17, 15) is 39.0 Å². The lowest BCUT2D eigenvalue weighted by Gasteiger charge is -2.33. The van der Waals surface area contributed by atoms with Crippen LogP contribution in [0.1, 0.15) is 46.8 Å². The smallest absolute Gasteiger partial charge is 0.317 e. The van der Waals surface area contributed by atoms with Crippen LogP contribution in [-0.4, -0.2) is 169 Å². The van der Waals surface area contributed by atoms with Crippen molar-refractivity contribution in [2.75, 3.05) is 92.4 Å². The van der Waals surface area contributed by atoms with Crippen LogP contribution in [0.25, 0.3) is 0 Å². The maximum absolute atomic E-state index is 12.9. The Kier molecular flexibility index (Phi) is 19.4. The third-order valence-corrected chi connectivity index (χ3v) is 7.76. The summed E-state index contributed by atoms with van der Waals surface area (Å²) < 4.78 is 12.6. The van der Waals surface area contributed by atoms with E-state index in [0.29, 0.717) is 78.2 Å². The van der Waals surface area contributed by atoms with Crippen LogP contribution in [0.15, 0.2) is 0 Å². The molecule has 0 unspecified atom stereocenters. The van der Waals surface area contributed by atoms with Crippen molar-refractivity contribution >= 4 is 35.6 Å². The topological polar surface area (TPSA) is 235 Å². The summed E-state index contributed by atoms with van der Waals surface area (Å²) in [5.74, 6) is -4.89. The molecule has 46 heavy (non-hydrogen) atoms. The number of carboxylic acid groups (broad SMARTS) is 3. The Morgan fingerprint density at radius 1 is 0.783 bits per heavy atom. The summed E-state index contributed by atoms with van der Waals surface area (Å²) >= 11 is 0. The van der Waals surface area contributed by atoms with Gasteiger partial charge in [0.05, 0.1) is 27.7 Å². The van der Waals surface area contributed by atoms with Crippen molar-refractivity contribution in [1.29, 1.82) is 0 Å². The normalized spacial score (nSPS) is 17.9. The number of carbonyl (C=O) groups excluding carboxylic acids is 3. The van der Waals surface area contributed by atoms with Crippen molar-refractivity contribution in [2.45, 2.75) is 51.5 Å². The molecule has 0 bridgehead atoms. The first-order valence-corrected chi connectivity index (χ1v) is 15.6. The van der Waals surface area contributed by atoms with Gasteiger partial charge < -0.3 is 36.4 Å². The van der Waals surface area contributed by atoms with Crippen LogP contribution in [-0.2, 0) is 33.5 Å². The summed E-state index contributed by atoms with van der Waals surface area (Å²) in [7, 11) is -0.232. The molecule has 0 saturated carbocycles. The van der Waals surface area contributed by atoms with Gasteiger partial charge in [0, 0.05) is 78.3 Å². The molecule has 7 N–H and O–H groups in total. The number of carbonyl (C=O) groups is 6. The second-order valence-electron chi connectivity index (χ2n) is 11.4. The standard InChI is InChI=1S/C29H53N7O10/c1-3-22(7-8-25(38)39)29(45)32-23(28(30)44)6-4-5-9-31-24(37)18-33-10-11-34(19-26(40)41)12-13-35(20-27(42)43)15-17-36(16-14-33)21-46-2/h22-23H,3-21H2,1-2H3,(H2,30,44)(H,31,37)(H,32,45)(H,38,39)(H,40,41)(H,42,43)/t22-,23-/m0/s1/i2D. The van der Waals surface area contributed by atoms with E-state index in [2.05, 4.69) is 10.6 Å². The van der Waals surface area contributed by atoms with Crippen LogP contribution >= 0.6 is 0 Å². The van der Waals surface area contributed by atoms with Crippen molar-refractivity contribution in [3.8, 4) is 0 Å². The molecule has 1 heterocycles. The second-order valence-corrected chi connectivity index (χ2v) is 11.4. The Bertz CT molecular complexity index is 1010. The minimum atomic E-state index is -1.01.